The second kappa shape index (κ2) is 5.33. The molecule has 2 N–H and O–H groups in total. The molecule has 2 aromatic heterocycles. The lowest BCUT2D eigenvalue weighted by Gasteiger charge is -2.15. The fourth-order valence-corrected chi connectivity index (χ4v) is 2.54. The zero-order chi connectivity index (χ0) is 13.9. The summed E-state index contributed by atoms with van der Waals surface area (Å²) in [7, 11) is -0.394. The smallest absolute Gasteiger partial charge is 0.244 e. The quantitative estimate of drug-likeness (QED) is 0.803. The van der Waals surface area contributed by atoms with E-state index in [0.29, 0.717) is 11.6 Å². The first-order valence-corrected chi connectivity index (χ1v) is 6.92. The van der Waals surface area contributed by atoms with E-state index >= 15 is 0 Å². The fraction of sp³-hybridized carbons (Fsp3) is 0.300. The number of hydrogen-bond donors (Lipinski definition) is 2. The van der Waals surface area contributed by atoms with Crippen molar-refractivity contribution in [3.05, 3.63) is 30.5 Å². The molecule has 0 amide bonds. The number of aromatic amines is 1. The number of H-pyrrole nitrogens is 1. The van der Waals surface area contributed by atoms with Gasteiger partial charge in [0.1, 0.15) is 22.9 Å². The molecule has 19 heavy (non-hydrogen) atoms. The van der Waals surface area contributed by atoms with Gasteiger partial charge in [-0.25, -0.2) is 18.4 Å². The van der Waals surface area contributed by atoms with Crippen LogP contribution >= 0.6 is 0 Å². The number of hydrogen-bond acceptors (Lipinski definition) is 6. The molecule has 0 saturated heterocycles. The van der Waals surface area contributed by atoms with Crippen LogP contribution in [0, 0.1) is 0 Å². The van der Waals surface area contributed by atoms with Crippen LogP contribution in [0.1, 0.15) is 5.82 Å². The second-order valence-corrected chi connectivity index (χ2v) is 5.87. The van der Waals surface area contributed by atoms with Crippen molar-refractivity contribution in [3.63, 3.8) is 0 Å². The molecule has 0 bridgehead atoms. The molecule has 0 spiro atoms. The Kier molecular flexibility index (Phi) is 3.76. The molecular weight excluding hydrogens is 268 g/mol. The topological polar surface area (TPSA) is 104 Å². The minimum atomic E-state index is -3.58. The van der Waals surface area contributed by atoms with E-state index in [9.17, 15) is 8.42 Å². The Morgan fingerprint density at radius 2 is 2.16 bits per heavy atom. The minimum Gasteiger partial charge on any atom is -0.373 e. The number of aromatic nitrogens is 4. The number of sulfonamides is 1. The maximum Gasteiger partial charge on any atom is 0.244 e. The van der Waals surface area contributed by atoms with Gasteiger partial charge in [-0.05, 0) is 12.1 Å². The number of nitrogens with zero attached hydrogens (tertiary/aromatic N) is 4. The van der Waals surface area contributed by atoms with Crippen molar-refractivity contribution in [2.24, 2.45) is 0 Å². The summed E-state index contributed by atoms with van der Waals surface area (Å²) in [5, 5.41) is 9.12. The summed E-state index contributed by atoms with van der Waals surface area (Å²) in [4.78, 5) is 8.02. The molecule has 0 saturated carbocycles. The Balaban J connectivity index is 2.20. The molecule has 0 unspecified atom stereocenters. The van der Waals surface area contributed by atoms with Crippen LogP contribution in [0.25, 0.3) is 0 Å². The van der Waals surface area contributed by atoms with Crippen molar-refractivity contribution in [1.29, 1.82) is 0 Å². The third-order valence-corrected chi connectivity index (χ3v) is 4.32. The minimum absolute atomic E-state index is 0.121. The summed E-state index contributed by atoms with van der Waals surface area (Å²) in [6.45, 7) is 0.121. The van der Waals surface area contributed by atoms with Gasteiger partial charge in [0.25, 0.3) is 0 Å². The molecule has 2 heterocycles. The summed E-state index contributed by atoms with van der Waals surface area (Å²) >= 11 is 0. The molecule has 9 heteroatoms. The lowest BCUT2D eigenvalue weighted by molar-refractivity contribution is 0.457. The Bertz CT molecular complexity index is 623. The zero-order valence-electron chi connectivity index (χ0n) is 10.5. The molecule has 102 valence electrons. The predicted molar refractivity (Wildman–Crippen MR) is 68.8 cm³/mol. The van der Waals surface area contributed by atoms with Gasteiger partial charge in [0.2, 0.25) is 10.0 Å². The van der Waals surface area contributed by atoms with Crippen LogP contribution < -0.4 is 5.32 Å². The summed E-state index contributed by atoms with van der Waals surface area (Å²) in [6, 6.07) is 3.11. The average Bonchev–Trinajstić information content (AvgIpc) is 2.91. The van der Waals surface area contributed by atoms with Gasteiger partial charge in [-0.1, -0.05) is 0 Å². The van der Waals surface area contributed by atoms with E-state index in [2.05, 4.69) is 25.5 Å². The number of rotatable bonds is 5. The van der Waals surface area contributed by atoms with Gasteiger partial charge in [-0.15, -0.1) is 0 Å². The molecule has 0 radical (unpaired) electrons. The van der Waals surface area contributed by atoms with Crippen molar-refractivity contribution >= 4 is 15.8 Å². The van der Waals surface area contributed by atoms with Crippen molar-refractivity contribution < 1.29 is 8.42 Å². The first-order valence-electron chi connectivity index (χ1n) is 5.48. The third-order valence-electron chi connectivity index (χ3n) is 2.54. The van der Waals surface area contributed by atoms with Gasteiger partial charge < -0.3 is 5.32 Å². The zero-order valence-corrected chi connectivity index (χ0v) is 11.3. The van der Waals surface area contributed by atoms with Gasteiger partial charge >= 0.3 is 0 Å². The highest BCUT2D eigenvalue weighted by atomic mass is 32.2. The monoisotopic (exact) mass is 282 g/mol. The third kappa shape index (κ3) is 2.88. The lowest BCUT2D eigenvalue weighted by Crippen LogP contribution is -2.27. The maximum atomic E-state index is 12.3. The molecule has 2 rings (SSSR count). The molecule has 0 aliphatic rings. The standard InChI is InChI=1S/C10H14N6O2S/c1-11-9-4-3-8(5-12-9)19(17,18)16(2)6-10-13-7-14-15-10/h3-5,7H,6H2,1-2H3,(H,11,12)(H,13,14,15). The normalized spacial score (nSPS) is 11.7. The van der Waals surface area contributed by atoms with Crippen LogP contribution in [0.3, 0.4) is 0 Å². The molecule has 8 nitrogen and oxygen atoms in total. The first-order chi connectivity index (χ1) is 9.04. The first kappa shape index (κ1) is 13.4. The Hall–Kier alpha value is -2.00. The van der Waals surface area contributed by atoms with E-state index in [1.165, 1.54) is 29.9 Å². The molecule has 0 aliphatic heterocycles. The van der Waals surface area contributed by atoms with Crippen LogP contribution in [-0.4, -0.2) is 47.0 Å². The highest BCUT2D eigenvalue weighted by Gasteiger charge is 2.22. The average molecular weight is 282 g/mol. The van der Waals surface area contributed by atoms with E-state index in [1.807, 2.05) is 0 Å². The second-order valence-electron chi connectivity index (χ2n) is 3.82. The van der Waals surface area contributed by atoms with E-state index in [0.717, 1.165) is 0 Å². The molecule has 0 atom stereocenters. The summed E-state index contributed by atoms with van der Waals surface area (Å²) in [5.41, 5.74) is 0. The van der Waals surface area contributed by atoms with Crippen molar-refractivity contribution in [1.82, 2.24) is 24.5 Å². The SMILES string of the molecule is CNc1ccc(S(=O)(=O)N(C)Cc2ncn[nH]2)cn1. The molecule has 0 aromatic carbocycles. The van der Waals surface area contributed by atoms with E-state index in [4.69, 9.17) is 0 Å². The van der Waals surface area contributed by atoms with E-state index < -0.39 is 10.0 Å². The molecule has 0 aliphatic carbocycles. The Morgan fingerprint density at radius 3 is 2.68 bits per heavy atom. The van der Waals surface area contributed by atoms with Gasteiger partial charge in [-0.3, -0.25) is 5.10 Å². The summed E-state index contributed by atoms with van der Waals surface area (Å²) < 4.78 is 25.7. The van der Waals surface area contributed by atoms with Crippen LogP contribution in [0.15, 0.2) is 29.6 Å². The highest BCUT2D eigenvalue weighted by Crippen LogP contribution is 2.16. The van der Waals surface area contributed by atoms with Crippen LogP contribution in [0.4, 0.5) is 5.82 Å². The molecule has 2 aromatic rings. The van der Waals surface area contributed by atoms with Crippen molar-refractivity contribution in [3.8, 4) is 0 Å². The van der Waals surface area contributed by atoms with Gasteiger partial charge in [0.15, 0.2) is 0 Å². The fourth-order valence-electron chi connectivity index (χ4n) is 1.46. The summed E-state index contributed by atoms with van der Waals surface area (Å²) in [6.07, 6.45) is 2.65. The number of pyridine rings is 1. The van der Waals surface area contributed by atoms with E-state index in [1.54, 1.807) is 13.1 Å². The van der Waals surface area contributed by atoms with Gasteiger partial charge in [0, 0.05) is 20.3 Å². The predicted octanol–water partition coefficient (Wildman–Crippen LogP) is 0.0621. The molecular formula is C10H14N6O2S. The van der Waals surface area contributed by atoms with Gasteiger partial charge in [-0.2, -0.15) is 9.40 Å². The van der Waals surface area contributed by atoms with Crippen molar-refractivity contribution in [2.45, 2.75) is 11.4 Å². The number of nitrogens with one attached hydrogen (secondary N) is 2. The largest absolute Gasteiger partial charge is 0.373 e. The van der Waals surface area contributed by atoms with Crippen LogP contribution in [-0.2, 0) is 16.6 Å². The van der Waals surface area contributed by atoms with Crippen molar-refractivity contribution in [2.75, 3.05) is 19.4 Å². The Morgan fingerprint density at radius 1 is 1.37 bits per heavy atom. The van der Waals surface area contributed by atoms with Gasteiger partial charge in [0.05, 0.1) is 6.54 Å². The van der Waals surface area contributed by atoms with E-state index in [-0.39, 0.29) is 11.4 Å². The maximum absolute atomic E-state index is 12.3. The lowest BCUT2D eigenvalue weighted by atomic mass is 10.5. The van der Waals surface area contributed by atoms with Crippen LogP contribution in [0.2, 0.25) is 0 Å². The Labute approximate surface area is 110 Å². The number of anilines is 1. The van der Waals surface area contributed by atoms with Crippen LogP contribution in [0.5, 0.6) is 0 Å². The highest BCUT2D eigenvalue weighted by molar-refractivity contribution is 7.89. The molecule has 0 fully saturated rings. The summed E-state index contributed by atoms with van der Waals surface area (Å²) in [5.74, 6) is 1.09.